The summed E-state index contributed by atoms with van der Waals surface area (Å²) in [5, 5.41) is 7.87. The lowest BCUT2D eigenvalue weighted by atomic mass is 10.1. The Labute approximate surface area is 190 Å². The van der Waals surface area contributed by atoms with Gasteiger partial charge in [-0.05, 0) is 37.0 Å². The Hall–Kier alpha value is -2.87. The monoisotopic (exact) mass is 437 g/mol. The second-order valence-corrected chi connectivity index (χ2v) is 8.60. The van der Waals surface area contributed by atoms with Gasteiger partial charge in [0.1, 0.15) is 0 Å². The Morgan fingerprint density at radius 2 is 1.75 bits per heavy atom. The van der Waals surface area contributed by atoms with Crippen molar-refractivity contribution in [2.45, 2.75) is 38.9 Å². The number of carbonyl (C=O) groups excluding carboxylic acids is 1. The van der Waals surface area contributed by atoms with Crippen molar-refractivity contribution in [1.82, 2.24) is 29.8 Å². The van der Waals surface area contributed by atoms with Gasteiger partial charge in [0.2, 0.25) is 5.91 Å². The first kappa shape index (κ1) is 22.3. The van der Waals surface area contributed by atoms with Gasteiger partial charge in [0, 0.05) is 65.3 Å². The highest BCUT2D eigenvalue weighted by atomic mass is 16.2. The van der Waals surface area contributed by atoms with E-state index in [1.54, 1.807) is 0 Å². The lowest BCUT2D eigenvalue weighted by Gasteiger charge is -2.39. The molecule has 2 fully saturated rings. The first-order valence-corrected chi connectivity index (χ1v) is 11.7. The fraction of sp³-hybridized carbons (Fsp3) is 0.542. The molecule has 1 aromatic heterocycles. The number of guanidine groups is 1. The summed E-state index contributed by atoms with van der Waals surface area (Å²) in [7, 11) is 1.84. The average Bonchev–Trinajstić information content (AvgIpc) is 3.55. The van der Waals surface area contributed by atoms with Crippen molar-refractivity contribution in [3.05, 3.63) is 53.9 Å². The van der Waals surface area contributed by atoms with Gasteiger partial charge in [0.05, 0.1) is 12.6 Å². The number of piperazine rings is 1. The quantitative estimate of drug-likeness (QED) is 0.550. The van der Waals surface area contributed by atoms with Crippen LogP contribution < -0.4 is 5.32 Å². The number of hydrogen-bond donors (Lipinski definition) is 1. The van der Waals surface area contributed by atoms with Gasteiger partial charge in [-0.15, -0.1) is 0 Å². The van der Waals surface area contributed by atoms with Crippen molar-refractivity contribution in [2.75, 3.05) is 46.3 Å². The van der Waals surface area contributed by atoms with E-state index in [0.29, 0.717) is 6.54 Å². The smallest absolute Gasteiger partial charge is 0.239 e. The van der Waals surface area contributed by atoms with Crippen LogP contribution in [0.15, 0.2) is 47.7 Å². The van der Waals surface area contributed by atoms with Crippen molar-refractivity contribution in [3.8, 4) is 0 Å². The lowest BCUT2D eigenvalue weighted by Crippen LogP contribution is -2.57. The fourth-order valence-electron chi connectivity index (χ4n) is 4.64. The molecule has 0 bridgehead atoms. The molecule has 8 heteroatoms. The number of carbonyl (C=O) groups is 1. The van der Waals surface area contributed by atoms with Gasteiger partial charge in [-0.1, -0.05) is 24.3 Å². The summed E-state index contributed by atoms with van der Waals surface area (Å²) in [5.74, 6) is 1.20. The minimum atomic E-state index is -0.0422. The summed E-state index contributed by atoms with van der Waals surface area (Å²) < 4.78 is 1.94. The number of aliphatic imine (C=N–C) groups is 1. The fourth-order valence-corrected chi connectivity index (χ4v) is 4.64. The van der Waals surface area contributed by atoms with Crippen LogP contribution in [0.2, 0.25) is 0 Å². The number of benzene rings is 1. The Morgan fingerprint density at radius 3 is 2.41 bits per heavy atom. The molecule has 3 heterocycles. The van der Waals surface area contributed by atoms with Crippen LogP contribution in [0.1, 0.15) is 30.9 Å². The molecule has 0 aliphatic carbocycles. The van der Waals surface area contributed by atoms with Crippen molar-refractivity contribution < 1.29 is 4.79 Å². The highest BCUT2D eigenvalue weighted by Gasteiger charge is 2.30. The SMILES string of the molecule is CN=C(NCc1ccccc1Cn1cccn1)N1CCN(C(C)C(=O)N2CCCC2)CC1. The summed E-state index contributed by atoms with van der Waals surface area (Å²) in [5.41, 5.74) is 2.49. The third kappa shape index (κ3) is 5.30. The summed E-state index contributed by atoms with van der Waals surface area (Å²) in [6.07, 6.45) is 6.07. The zero-order chi connectivity index (χ0) is 22.3. The minimum Gasteiger partial charge on any atom is -0.352 e. The van der Waals surface area contributed by atoms with Crippen molar-refractivity contribution >= 4 is 11.9 Å². The number of rotatable bonds is 6. The number of aromatic nitrogens is 2. The third-order valence-electron chi connectivity index (χ3n) is 6.60. The summed E-state index contributed by atoms with van der Waals surface area (Å²) in [6.45, 7) is 8.84. The maximum absolute atomic E-state index is 12.7. The molecule has 2 aromatic rings. The largest absolute Gasteiger partial charge is 0.352 e. The molecule has 2 saturated heterocycles. The molecule has 8 nitrogen and oxygen atoms in total. The van der Waals surface area contributed by atoms with Crippen LogP contribution in [-0.4, -0.2) is 88.7 Å². The van der Waals surface area contributed by atoms with Crippen molar-refractivity contribution in [3.63, 3.8) is 0 Å². The zero-order valence-electron chi connectivity index (χ0n) is 19.3. The molecule has 172 valence electrons. The normalized spacial score (nSPS) is 18.8. The third-order valence-corrected chi connectivity index (χ3v) is 6.60. The van der Waals surface area contributed by atoms with E-state index in [1.807, 2.05) is 35.1 Å². The molecule has 1 N–H and O–H groups in total. The van der Waals surface area contributed by atoms with Gasteiger partial charge in [0.25, 0.3) is 0 Å². The van der Waals surface area contributed by atoms with Crippen LogP contribution in [0.4, 0.5) is 0 Å². The van der Waals surface area contributed by atoms with E-state index < -0.39 is 0 Å². The van der Waals surface area contributed by atoms with Crippen molar-refractivity contribution in [1.29, 1.82) is 0 Å². The summed E-state index contributed by atoms with van der Waals surface area (Å²) in [4.78, 5) is 23.9. The molecule has 0 spiro atoms. The van der Waals surface area contributed by atoms with E-state index in [0.717, 1.165) is 64.6 Å². The Balaban J connectivity index is 1.30. The predicted molar refractivity (Wildman–Crippen MR) is 126 cm³/mol. The average molecular weight is 438 g/mol. The first-order chi connectivity index (χ1) is 15.7. The number of hydrogen-bond acceptors (Lipinski definition) is 4. The lowest BCUT2D eigenvalue weighted by molar-refractivity contribution is -0.135. The van der Waals surface area contributed by atoms with Gasteiger partial charge in [-0.3, -0.25) is 19.4 Å². The molecule has 1 aromatic carbocycles. The van der Waals surface area contributed by atoms with Crippen LogP contribution in [0, 0.1) is 0 Å². The molecule has 2 aliphatic heterocycles. The van der Waals surface area contributed by atoms with Crippen LogP contribution in [0.25, 0.3) is 0 Å². The van der Waals surface area contributed by atoms with Crippen LogP contribution >= 0.6 is 0 Å². The number of likely N-dealkylation sites (tertiary alicyclic amines) is 1. The van der Waals surface area contributed by atoms with Crippen LogP contribution in [0.3, 0.4) is 0 Å². The second-order valence-electron chi connectivity index (χ2n) is 8.60. The number of nitrogens with one attached hydrogen (secondary N) is 1. The Bertz CT molecular complexity index is 897. The summed E-state index contributed by atoms with van der Waals surface area (Å²) >= 11 is 0. The molecule has 2 aliphatic rings. The molecule has 1 unspecified atom stereocenters. The highest BCUT2D eigenvalue weighted by Crippen LogP contribution is 2.15. The van der Waals surface area contributed by atoms with E-state index in [4.69, 9.17) is 0 Å². The first-order valence-electron chi connectivity index (χ1n) is 11.7. The zero-order valence-corrected chi connectivity index (χ0v) is 19.3. The van der Waals surface area contributed by atoms with E-state index in [2.05, 4.69) is 56.4 Å². The van der Waals surface area contributed by atoms with E-state index in [-0.39, 0.29) is 11.9 Å². The Morgan fingerprint density at radius 1 is 1.03 bits per heavy atom. The second kappa shape index (κ2) is 10.6. The van der Waals surface area contributed by atoms with E-state index in [1.165, 1.54) is 11.1 Å². The van der Waals surface area contributed by atoms with E-state index >= 15 is 0 Å². The van der Waals surface area contributed by atoms with Gasteiger partial charge < -0.3 is 15.1 Å². The molecule has 1 amide bonds. The molecule has 4 rings (SSSR count). The molecular weight excluding hydrogens is 402 g/mol. The molecule has 0 radical (unpaired) electrons. The predicted octanol–water partition coefficient (Wildman–Crippen LogP) is 1.64. The van der Waals surface area contributed by atoms with Gasteiger partial charge >= 0.3 is 0 Å². The van der Waals surface area contributed by atoms with Crippen molar-refractivity contribution in [2.24, 2.45) is 4.99 Å². The maximum atomic E-state index is 12.7. The van der Waals surface area contributed by atoms with Gasteiger partial charge in [-0.25, -0.2) is 0 Å². The minimum absolute atomic E-state index is 0.0422. The Kier molecular flexibility index (Phi) is 7.42. The summed E-state index contributed by atoms with van der Waals surface area (Å²) in [6, 6.07) is 10.4. The molecule has 1 atom stereocenters. The van der Waals surface area contributed by atoms with E-state index in [9.17, 15) is 4.79 Å². The standard InChI is InChI=1S/C24H35N7O/c1-20(23(32)29-11-5-6-12-29)28-14-16-30(17-15-28)24(25-2)26-18-21-8-3-4-9-22(21)19-31-13-7-10-27-31/h3-4,7-10,13,20H,5-6,11-12,14-19H2,1-2H3,(H,25,26). The number of amides is 1. The van der Waals surface area contributed by atoms with Gasteiger partial charge in [-0.2, -0.15) is 5.10 Å². The maximum Gasteiger partial charge on any atom is 0.239 e. The molecule has 0 saturated carbocycles. The number of nitrogens with zero attached hydrogens (tertiary/aromatic N) is 6. The molecule has 32 heavy (non-hydrogen) atoms. The van der Waals surface area contributed by atoms with Crippen LogP contribution in [-0.2, 0) is 17.9 Å². The highest BCUT2D eigenvalue weighted by molar-refractivity contribution is 5.82. The van der Waals surface area contributed by atoms with Gasteiger partial charge in [0.15, 0.2) is 5.96 Å². The molecular formula is C24H35N7O. The topological polar surface area (TPSA) is 69.0 Å². The van der Waals surface area contributed by atoms with Crippen LogP contribution in [0.5, 0.6) is 0 Å².